The summed E-state index contributed by atoms with van der Waals surface area (Å²) in [5.74, 6) is 0. The molecular formula is C16H18ClN. The third-order valence-corrected chi connectivity index (χ3v) is 3.19. The molecule has 94 valence electrons. The van der Waals surface area contributed by atoms with E-state index in [0.29, 0.717) is 0 Å². The van der Waals surface area contributed by atoms with Crippen LogP contribution in [0.15, 0.2) is 36.4 Å². The van der Waals surface area contributed by atoms with E-state index in [1.807, 2.05) is 18.2 Å². The third-order valence-electron chi connectivity index (χ3n) is 2.95. The van der Waals surface area contributed by atoms with Crippen molar-refractivity contribution < 1.29 is 0 Å². The largest absolute Gasteiger partial charge is 0.381 e. The summed E-state index contributed by atoms with van der Waals surface area (Å²) in [5.41, 5.74) is 6.23. The molecule has 2 rings (SSSR count). The number of hydrogen-bond donors (Lipinski definition) is 1. The van der Waals surface area contributed by atoms with Gasteiger partial charge in [0.25, 0.3) is 0 Å². The standard InChI is InChI=1S/C16H18ClN/c1-11-6-12(2)8-14(7-11)10-18-16-5-4-15(17)9-13(16)3/h4-9,18H,10H2,1-3H3. The van der Waals surface area contributed by atoms with Gasteiger partial charge in [-0.2, -0.15) is 0 Å². The van der Waals surface area contributed by atoms with Crippen molar-refractivity contribution >= 4 is 17.3 Å². The minimum absolute atomic E-state index is 0.782. The predicted octanol–water partition coefficient (Wildman–Crippen LogP) is 4.88. The van der Waals surface area contributed by atoms with Crippen molar-refractivity contribution in [3.05, 3.63) is 63.7 Å². The smallest absolute Gasteiger partial charge is 0.0410 e. The Morgan fingerprint density at radius 2 is 1.61 bits per heavy atom. The average molecular weight is 260 g/mol. The number of nitrogens with one attached hydrogen (secondary N) is 1. The minimum atomic E-state index is 0.782. The van der Waals surface area contributed by atoms with Gasteiger partial charge in [0.2, 0.25) is 0 Å². The Hall–Kier alpha value is -1.47. The van der Waals surface area contributed by atoms with Gasteiger partial charge in [-0.05, 0) is 50.1 Å². The van der Waals surface area contributed by atoms with Crippen molar-refractivity contribution in [1.82, 2.24) is 0 Å². The molecule has 2 aromatic rings. The van der Waals surface area contributed by atoms with Crippen LogP contribution in [0, 0.1) is 20.8 Å². The maximum absolute atomic E-state index is 5.95. The van der Waals surface area contributed by atoms with E-state index in [9.17, 15) is 0 Å². The highest BCUT2D eigenvalue weighted by Gasteiger charge is 2.00. The third kappa shape index (κ3) is 3.27. The monoisotopic (exact) mass is 259 g/mol. The molecule has 18 heavy (non-hydrogen) atoms. The molecule has 0 saturated carbocycles. The number of halogens is 1. The zero-order chi connectivity index (χ0) is 13.1. The summed E-state index contributed by atoms with van der Waals surface area (Å²) in [4.78, 5) is 0. The summed E-state index contributed by atoms with van der Waals surface area (Å²) >= 11 is 5.95. The van der Waals surface area contributed by atoms with Crippen molar-refractivity contribution in [3.8, 4) is 0 Å². The van der Waals surface area contributed by atoms with Crippen LogP contribution in [0.2, 0.25) is 5.02 Å². The van der Waals surface area contributed by atoms with Gasteiger partial charge in [-0.25, -0.2) is 0 Å². The molecule has 2 aromatic carbocycles. The van der Waals surface area contributed by atoms with Gasteiger partial charge in [-0.1, -0.05) is 40.9 Å². The molecule has 0 atom stereocenters. The van der Waals surface area contributed by atoms with Gasteiger partial charge in [0.1, 0.15) is 0 Å². The first-order chi connectivity index (χ1) is 8.54. The molecule has 0 bridgehead atoms. The average Bonchev–Trinajstić information content (AvgIpc) is 2.26. The molecule has 0 unspecified atom stereocenters. The second kappa shape index (κ2) is 5.45. The molecule has 1 N–H and O–H groups in total. The first-order valence-electron chi connectivity index (χ1n) is 6.12. The Morgan fingerprint density at radius 3 is 2.22 bits per heavy atom. The molecule has 1 nitrogen and oxygen atoms in total. The highest BCUT2D eigenvalue weighted by Crippen LogP contribution is 2.20. The van der Waals surface area contributed by atoms with E-state index >= 15 is 0 Å². The molecule has 0 saturated heterocycles. The van der Waals surface area contributed by atoms with E-state index in [4.69, 9.17) is 11.6 Å². The number of aryl methyl sites for hydroxylation is 3. The summed E-state index contributed by atoms with van der Waals surface area (Å²) < 4.78 is 0. The lowest BCUT2D eigenvalue weighted by Gasteiger charge is -2.11. The number of benzene rings is 2. The Labute approximate surface area is 114 Å². The lowest BCUT2D eigenvalue weighted by molar-refractivity contribution is 1.12. The predicted molar refractivity (Wildman–Crippen MR) is 79.4 cm³/mol. The molecule has 0 spiro atoms. The van der Waals surface area contributed by atoms with E-state index in [0.717, 1.165) is 17.3 Å². The number of rotatable bonds is 3. The summed E-state index contributed by atoms with van der Waals surface area (Å²) in [7, 11) is 0. The SMILES string of the molecule is Cc1cc(C)cc(CNc2ccc(Cl)cc2C)c1. The highest BCUT2D eigenvalue weighted by atomic mass is 35.5. The van der Waals surface area contributed by atoms with Crippen molar-refractivity contribution in [2.24, 2.45) is 0 Å². The van der Waals surface area contributed by atoms with E-state index in [2.05, 4.69) is 44.3 Å². The van der Waals surface area contributed by atoms with E-state index in [1.54, 1.807) is 0 Å². The quantitative estimate of drug-likeness (QED) is 0.829. The van der Waals surface area contributed by atoms with E-state index in [1.165, 1.54) is 22.3 Å². The molecule has 0 radical (unpaired) electrons. The summed E-state index contributed by atoms with van der Waals surface area (Å²) in [6.07, 6.45) is 0. The zero-order valence-corrected chi connectivity index (χ0v) is 11.8. The number of anilines is 1. The second-order valence-electron chi connectivity index (χ2n) is 4.81. The van der Waals surface area contributed by atoms with Crippen LogP contribution >= 0.6 is 11.6 Å². The van der Waals surface area contributed by atoms with E-state index in [-0.39, 0.29) is 0 Å². The second-order valence-corrected chi connectivity index (χ2v) is 5.25. The van der Waals surface area contributed by atoms with Gasteiger partial charge in [-0.3, -0.25) is 0 Å². The van der Waals surface area contributed by atoms with Crippen LogP contribution in [-0.4, -0.2) is 0 Å². The van der Waals surface area contributed by atoms with Gasteiger partial charge in [-0.15, -0.1) is 0 Å². The maximum atomic E-state index is 5.95. The van der Waals surface area contributed by atoms with Crippen LogP contribution in [0.5, 0.6) is 0 Å². The summed E-state index contributed by atoms with van der Waals surface area (Å²) in [6, 6.07) is 12.5. The summed E-state index contributed by atoms with van der Waals surface area (Å²) in [5, 5.41) is 4.23. The van der Waals surface area contributed by atoms with Crippen molar-refractivity contribution in [2.45, 2.75) is 27.3 Å². The maximum Gasteiger partial charge on any atom is 0.0410 e. The topological polar surface area (TPSA) is 12.0 Å². The van der Waals surface area contributed by atoms with Crippen LogP contribution < -0.4 is 5.32 Å². The van der Waals surface area contributed by atoms with Crippen LogP contribution in [0.4, 0.5) is 5.69 Å². The van der Waals surface area contributed by atoms with Crippen molar-refractivity contribution in [2.75, 3.05) is 5.32 Å². The molecule has 0 aromatic heterocycles. The van der Waals surface area contributed by atoms with Gasteiger partial charge in [0.15, 0.2) is 0 Å². The summed E-state index contributed by atoms with van der Waals surface area (Å²) in [6.45, 7) is 7.16. The molecule has 0 aliphatic carbocycles. The van der Waals surface area contributed by atoms with Crippen LogP contribution in [0.25, 0.3) is 0 Å². The fraction of sp³-hybridized carbons (Fsp3) is 0.250. The first-order valence-corrected chi connectivity index (χ1v) is 6.49. The lowest BCUT2D eigenvalue weighted by Crippen LogP contribution is -2.01. The van der Waals surface area contributed by atoms with Gasteiger partial charge >= 0.3 is 0 Å². The fourth-order valence-corrected chi connectivity index (χ4v) is 2.42. The molecule has 0 aliphatic heterocycles. The zero-order valence-electron chi connectivity index (χ0n) is 11.0. The Morgan fingerprint density at radius 1 is 0.944 bits per heavy atom. The van der Waals surface area contributed by atoms with E-state index < -0.39 is 0 Å². The van der Waals surface area contributed by atoms with Gasteiger partial charge in [0, 0.05) is 17.3 Å². The Bertz CT molecular complexity index is 541. The van der Waals surface area contributed by atoms with Gasteiger partial charge in [0.05, 0.1) is 0 Å². The van der Waals surface area contributed by atoms with Crippen LogP contribution in [-0.2, 0) is 6.54 Å². The molecule has 0 aliphatic rings. The molecule has 0 amide bonds. The van der Waals surface area contributed by atoms with Gasteiger partial charge < -0.3 is 5.32 Å². The first kappa shape index (κ1) is 13.0. The van der Waals surface area contributed by atoms with Crippen molar-refractivity contribution in [1.29, 1.82) is 0 Å². The Balaban J connectivity index is 2.11. The fourth-order valence-electron chi connectivity index (χ4n) is 2.19. The normalized spacial score (nSPS) is 10.4. The molecule has 0 fully saturated rings. The minimum Gasteiger partial charge on any atom is -0.381 e. The number of hydrogen-bond acceptors (Lipinski definition) is 1. The Kier molecular flexibility index (Phi) is 3.93. The van der Waals surface area contributed by atoms with Crippen LogP contribution in [0.1, 0.15) is 22.3 Å². The van der Waals surface area contributed by atoms with Crippen LogP contribution in [0.3, 0.4) is 0 Å². The lowest BCUT2D eigenvalue weighted by atomic mass is 10.1. The molecule has 0 heterocycles. The highest BCUT2D eigenvalue weighted by molar-refractivity contribution is 6.30. The van der Waals surface area contributed by atoms with Crippen molar-refractivity contribution in [3.63, 3.8) is 0 Å². The molecule has 2 heteroatoms. The molecular weight excluding hydrogens is 242 g/mol.